The molecule has 0 radical (unpaired) electrons. The monoisotopic (exact) mass is 429 g/mol. The van der Waals surface area contributed by atoms with Crippen LogP contribution in [0.2, 0.25) is 0 Å². The third-order valence-electron chi connectivity index (χ3n) is 5.61. The Bertz CT molecular complexity index is 1200. The lowest BCUT2D eigenvalue weighted by Gasteiger charge is -2.33. The predicted octanol–water partition coefficient (Wildman–Crippen LogP) is 2.71. The van der Waals surface area contributed by atoms with E-state index in [2.05, 4.69) is 10.3 Å². The number of nitrogens with two attached hydrogens (primary N) is 1. The molecule has 0 bridgehead atoms. The van der Waals surface area contributed by atoms with Gasteiger partial charge in [0.2, 0.25) is 5.43 Å². The summed E-state index contributed by atoms with van der Waals surface area (Å²) in [5.74, 6) is -1.94. The maximum absolute atomic E-state index is 15.2. The number of hydrogen-bond acceptors (Lipinski definition) is 6. The van der Waals surface area contributed by atoms with Crippen molar-refractivity contribution >= 4 is 28.2 Å². The normalized spacial score (nSPS) is 15.3. The number of nitrogens with zero attached hydrogens (tertiary/aromatic N) is 3. The Balaban J connectivity index is 1.82. The van der Waals surface area contributed by atoms with E-state index in [0.717, 1.165) is 0 Å². The number of aromatic nitrogens is 3. The van der Waals surface area contributed by atoms with Crippen molar-refractivity contribution in [3.05, 3.63) is 46.5 Å². The maximum Gasteiger partial charge on any atom is 0.341 e. The topological polar surface area (TPSA) is 124 Å². The van der Waals surface area contributed by atoms with E-state index >= 15 is 4.39 Å². The third-order valence-corrected chi connectivity index (χ3v) is 5.61. The highest BCUT2D eigenvalue weighted by Gasteiger charge is 2.32. The van der Waals surface area contributed by atoms with E-state index in [-0.39, 0.29) is 41.1 Å². The number of hydrogen-bond donors (Lipinski definition) is 3. The van der Waals surface area contributed by atoms with Crippen LogP contribution in [0.1, 0.15) is 36.7 Å². The molecular formula is C21H24FN5O4. The van der Waals surface area contributed by atoms with Gasteiger partial charge in [-0.05, 0) is 12.3 Å². The Morgan fingerprint density at radius 2 is 2.26 bits per heavy atom. The molecule has 1 atom stereocenters. The van der Waals surface area contributed by atoms with Gasteiger partial charge in [0.15, 0.2) is 11.6 Å². The highest BCUT2D eigenvalue weighted by atomic mass is 19.1. The minimum Gasteiger partial charge on any atom is -0.487 e. The Morgan fingerprint density at radius 3 is 2.90 bits per heavy atom. The molecule has 0 fully saturated rings. The van der Waals surface area contributed by atoms with Gasteiger partial charge in [0.05, 0.1) is 29.0 Å². The van der Waals surface area contributed by atoms with E-state index in [9.17, 15) is 14.7 Å². The number of carboxylic acids is 1. The molecule has 0 spiro atoms. The molecule has 1 aromatic carbocycles. The van der Waals surface area contributed by atoms with E-state index in [1.165, 1.54) is 6.20 Å². The summed E-state index contributed by atoms with van der Waals surface area (Å²) in [6, 6.07) is -0.229. The number of aromatic carboxylic acids is 1. The number of carbonyl (C=O) groups is 1. The number of rotatable bonds is 7. The van der Waals surface area contributed by atoms with E-state index < -0.39 is 22.8 Å². The molecule has 0 saturated heterocycles. The molecule has 2 aromatic heterocycles. The van der Waals surface area contributed by atoms with Crippen molar-refractivity contribution in [3.8, 4) is 5.75 Å². The van der Waals surface area contributed by atoms with Gasteiger partial charge in [-0.1, -0.05) is 13.8 Å². The van der Waals surface area contributed by atoms with Gasteiger partial charge in [0.1, 0.15) is 17.9 Å². The minimum absolute atomic E-state index is 0.0778. The highest BCUT2D eigenvalue weighted by Crippen LogP contribution is 2.44. The third kappa shape index (κ3) is 3.47. The van der Waals surface area contributed by atoms with Crippen LogP contribution in [0.15, 0.2) is 29.7 Å². The largest absolute Gasteiger partial charge is 0.487 e. The summed E-state index contributed by atoms with van der Waals surface area (Å²) in [5, 5.41) is 12.4. The number of halogens is 1. The Morgan fingerprint density at radius 1 is 1.48 bits per heavy atom. The number of imidazole rings is 1. The molecule has 10 heteroatoms. The van der Waals surface area contributed by atoms with Crippen LogP contribution >= 0.6 is 0 Å². The van der Waals surface area contributed by atoms with Gasteiger partial charge in [-0.2, -0.15) is 0 Å². The Hall–Kier alpha value is -3.56. The van der Waals surface area contributed by atoms with Crippen LogP contribution in [-0.4, -0.2) is 38.3 Å². The SMILES string of the molecule is CC(C)[C@@H]1COc2c(NCCCn3ccnc3)c(F)c(N)c3c(=O)c(C(=O)O)cn1c23. The molecule has 3 aromatic rings. The second-order valence-electron chi connectivity index (χ2n) is 7.94. The average molecular weight is 429 g/mol. The first kappa shape index (κ1) is 20.7. The molecule has 0 unspecified atom stereocenters. The van der Waals surface area contributed by atoms with Gasteiger partial charge >= 0.3 is 5.97 Å². The van der Waals surface area contributed by atoms with Gasteiger partial charge < -0.3 is 30.0 Å². The second-order valence-corrected chi connectivity index (χ2v) is 7.94. The number of ether oxygens (including phenoxy) is 1. The first-order valence-electron chi connectivity index (χ1n) is 10.1. The number of nitrogens with one attached hydrogen (secondary N) is 1. The van der Waals surface area contributed by atoms with Gasteiger partial charge in [-0.3, -0.25) is 4.79 Å². The molecule has 4 rings (SSSR count). The Labute approximate surface area is 177 Å². The lowest BCUT2D eigenvalue weighted by atomic mass is 9.99. The van der Waals surface area contributed by atoms with Crippen molar-refractivity contribution in [1.29, 1.82) is 0 Å². The number of benzene rings is 1. The molecule has 0 aliphatic carbocycles. The fraction of sp³-hybridized carbons (Fsp3) is 0.381. The molecule has 4 N–H and O–H groups in total. The van der Waals surface area contributed by atoms with Crippen LogP contribution < -0.4 is 21.2 Å². The quantitative estimate of drug-likeness (QED) is 0.390. The van der Waals surface area contributed by atoms with Crippen molar-refractivity contribution in [3.63, 3.8) is 0 Å². The predicted molar refractivity (Wildman–Crippen MR) is 114 cm³/mol. The van der Waals surface area contributed by atoms with Crippen molar-refractivity contribution in [2.24, 2.45) is 5.92 Å². The summed E-state index contributed by atoms with van der Waals surface area (Å²) >= 11 is 0. The number of pyridine rings is 1. The van der Waals surface area contributed by atoms with Crippen molar-refractivity contribution in [2.45, 2.75) is 32.9 Å². The van der Waals surface area contributed by atoms with Crippen LogP contribution in [-0.2, 0) is 6.54 Å². The van der Waals surface area contributed by atoms with Gasteiger partial charge in [-0.15, -0.1) is 0 Å². The summed E-state index contributed by atoms with van der Waals surface area (Å²) in [6.07, 6.45) is 7.22. The lowest BCUT2D eigenvalue weighted by molar-refractivity contribution is 0.0693. The summed E-state index contributed by atoms with van der Waals surface area (Å²) in [6.45, 7) is 5.27. The first-order valence-corrected chi connectivity index (χ1v) is 10.1. The molecular weight excluding hydrogens is 405 g/mol. The van der Waals surface area contributed by atoms with E-state index in [1.807, 2.05) is 24.6 Å². The zero-order valence-electron chi connectivity index (χ0n) is 17.3. The average Bonchev–Trinajstić information content (AvgIpc) is 3.24. The Kier molecular flexibility index (Phi) is 5.30. The van der Waals surface area contributed by atoms with Gasteiger partial charge in [0.25, 0.3) is 0 Å². The molecule has 1 aliphatic rings. The molecule has 0 amide bonds. The van der Waals surface area contributed by atoms with Gasteiger partial charge in [0, 0.05) is 31.7 Å². The lowest BCUT2D eigenvalue weighted by Crippen LogP contribution is -2.31. The fourth-order valence-corrected chi connectivity index (χ4v) is 3.95. The zero-order chi connectivity index (χ0) is 22.3. The van der Waals surface area contributed by atoms with E-state index in [1.54, 1.807) is 17.1 Å². The molecule has 31 heavy (non-hydrogen) atoms. The number of carboxylic acid groups (broad SMARTS) is 1. The summed E-state index contributed by atoms with van der Waals surface area (Å²) < 4.78 is 24.7. The van der Waals surface area contributed by atoms with Crippen LogP contribution in [0, 0.1) is 11.7 Å². The van der Waals surface area contributed by atoms with Crippen molar-refractivity contribution in [2.75, 3.05) is 24.2 Å². The standard InChI is InChI=1S/C21H24FN5O4/c1-11(2)13-9-31-20-17(25-4-3-6-26-7-5-24-10-26)15(22)16(23)14-18(20)27(13)8-12(19(14)28)21(29)30/h5,7-8,10-11,13,25H,3-4,6,9,23H2,1-2H3,(H,29,30)/t13-/m0/s1. The van der Waals surface area contributed by atoms with Gasteiger partial charge in [-0.25, -0.2) is 14.2 Å². The molecule has 3 heterocycles. The zero-order valence-corrected chi connectivity index (χ0v) is 17.3. The van der Waals surface area contributed by atoms with Crippen LogP contribution in [0.4, 0.5) is 15.8 Å². The second kappa shape index (κ2) is 7.93. The van der Waals surface area contributed by atoms with Crippen LogP contribution in [0.3, 0.4) is 0 Å². The highest BCUT2D eigenvalue weighted by molar-refractivity contribution is 6.03. The fourth-order valence-electron chi connectivity index (χ4n) is 3.95. The maximum atomic E-state index is 15.2. The number of anilines is 2. The van der Waals surface area contributed by atoms with Crippen molar-refractivity contribution < 1.29 is 19.0 Å². The molecule has 1 aliphatic heterocycles. The van der Waals surface area contributed by atoms with Crippen LogP contribution in [0.25, 0.3) is 10.9 Å². The molecule has 164 valence electrons. The summed E-state index contributed by atoms with van der Waals surface area (Å²) in [5.41, 5.74) is 4.76. The summed E-state index contributed by atoms with van der Waals surface area (Å²) in [7, 11) is 0. The van der Waals surface area contributed by atoms with Crippen molar-refractivity contribution in [1.82, 2.24) is 14.1 Å². The summed E-state index contributed by atoms with van der Waals surface area (Å²) in [4.78, 5) is 28.5. The smallest absolute Gasteiger partial charge is 0.341 e. The van der Waals surface area contributed by atoms with E-state index in [0.29, 0.717) is 25.0 Å². The molecule has 9 nitrogen and oxygen atoms in total. The first-order chi connectivity index (χ1) is 14.8. The van der Waals surface area contributed by atoms with E-state index in [4.69, 9.17) is 10.5 Å². The van der Waals surface area contributed by atoms with Crippen LogP contribution in [0.5, 0.6) is 5.75 Å². The number of nitrogen functional groups attached to an aromatic ring is 1. The minimum atomic E-state index is -1.38. The number of aryl methyl sites for hydroxylation is 1. The molecule has 0 saturated carbocycles.